The van der Waals surface area contributed by atoms with Crippen LogP contribution in [0.25, 0.3) is 0 Å². The Bertz CT molecular complexity index is 412. The van der Waals surface area contributed by atoms with Gasteiger partial charge in [-0.1, -0.05) is 12.1 Å². The molecule has 0 atom stereocenters. The van der Waals surface area contributed by atoms with Crippen LogP contribution in [0.4, 0.5) is 0 Å². The van der Waals surface area contributed by atoms with Gasteiger partial charge in [-0.2, -0.15) is 0 Å². The molecule has 0 amide bonds. The summed E-state index contributed by atoms with van der Waals surface area (Å²) in [4.78, 5) is 7.69. The zero-order valence-electron chi connectivity index (χ0n) is 14.2. The first-order chi connectivity index (χ1) is 11.2. The summed E-state index contributed by atoms with van der Waals surface area (Å²) in [6, 6.07) is 11.2. The zero-order valence-corrected chi connectivity index (χ0v) is 18.8. The summed E-state index contributed by atoms with van der Waals surface area (Å²) in [6.45, 7) is 4.58. The summed E-state index contributed by atoms with van der Waals surface area (Å²) in [5.41, 5.74) is 0. The van der Waals surface area contributed by atoms with E-state index in [1.54, 1.807) is 21.3 Å². The summed E-state index contributed by atoms with van der Waals surface area (Å²) in [5, 5.41) is 1.53. The van der Waals surface area contributed by atoms with Gasteiger partial charge < -0.3 is 0 Å². The van der Waals surface area contributed by atoms with E-state index >= 15 is 0 Å². The summed E-state index contributed by atoms with van der Waals surface area (Å²) < 4.78 is 3.25. The number of nitrogens with zero attached hydrogens (tertiary/aromatic N) is 2. The van der Waals surface area contributed by atoms with E-state index in [1.165, 1.54) is 25.7 Å². The molecule has 0 spiro atoms. The van der Waals surface area contributed by atoms with Gasteiger partial charge in [-0.15, -0.1) is 25.3 Å². The smallest absolute Gasteiger partial charge is 0.0929 e. The van der Waals surface area contributed by atoms with Gasteiger partial charge in [0.2, 0.25) is 0 Å². The van der Waals surface area contributed by atoms with Crippen molar-refractivity contribution in [1.82, 2.24) is 9.97 Å². The van der Waals surface area contributed by atoms with E-state index in [2.05, 4.69) is 49.1 Å². The number of pyridine rings is 2. The summed E-state index contributed by atoms with van der Waals surface area (Å²) in [6.07, 6.45) is 9.26. The minimum Gasteiger partial charge on any atom is -0.250 e. The van der Waals surface area contributed by atoms with Crippen molar-refractivity contribution in [2.75, 3.05) is 0 Å². The molecule has 0 saturated carbocycles. The molecule has 0 aromatic carbocycles. The first-order valence-corrected chi connectivity index (χ1v) is 13.0. The molecule has 0 unspecified atom stereocenters. The number of hydrogen-bond donors (Lipinski definition) is 2. The van der Waals surface area contributed by atoms with E-state index < -0.39 is 0 Å². The first kappa shape index (κ1) is 22.8. The van der Waals surface area contributed by atoms with Gasteiger partial charge >= 0.3 is 69.5 Å². The summed E-state index contributed by atoms with van der Waals surface area (Å²) >= 11 is 8.10. The van der Waals surface area contributed by atoms with Crippen LogP contribution in [0, 0.1) is 0 Å². The molecule has 0 N–H and O–H groups in total. The SMILES string of the molecule is CCC[CH2][Sn][CH2]CCC.Sc1ccccn1.Sc1ccccn1. The van der Waals surface area contributed by atoms with Crippen molar-refractivity contribution < 1.29 is 0 Å². The Kier molecular flexibility index (Phi) is 18.0. The maximum atomic E-state index is 3.97. The fourth-order valence-electron chi connectivity index (χ4n) is 1.44. The van der Waals surface area contributed by atoms with E-state index in [1.807, 2.05) is 36.4 Å². The Labute approximate surface area is 163 Å². The van der Waals surface area contributed by atoms with Gasteiger partial charge in [0.1, 0.15) is 0 Å². The van der Waals surface area contributed by atoms with Crippen LogP contribution in [0.15, 0.2) is 58.8 Å². The van der Waals surface area contributed by atoms with Gasteiger partial charge in [-0.05, 0) is 24.3 Å². The minimum atomic E-state index is 0.149. The maximum absolute atomic E-state index is 3.97. The van der Waals surface area contributed by atoms with Crippen LogP contribution in [0.3, 0.4) is 0 Å². The molecule has 126 valence electrons. The summed E-state index contributed by atoms with van der Waals surface area (Å²) in [5.74, 6) is 0. The quantitative estimate of drug-likeness (QED) is 0.324. The van der Waals surface area contributed by atoms with Crippen molar-refractivity contribution in [3.05, 3.63) is 48.8 Å². The monoisotopic (exact) mass is 456 g/mol. The number of rotatable bonds is 6. The van der Waals surface area contributed by atoms with Crippen molar-refractivity contribution in [3.8, 4) is 0 Å². The van der Waals surface area contributed by atoms with Gasteiger partial charge in [0.05, 0.1) is 10.1 Å². The molecular weight excluding hydrogens is 427 g/mol. The predicted molar refractivity (Wildman–Crippen MR) is 108 cm³/mol. The zero-order chi connectivity index (χ0) is 17.2. The van der Waals surface area contributed by atoms with E-state index in [-0.39, 0.29) is 21.1 Å². The van der Waals surface area contributed by atoms with Crippen molar-refractivity contribution in [1.29, 1.82) is 0 Å². The molecule has 23 heavy (non-hydrogen) atoms. The number of thiol groups is 2. The molecule has 2 heterocycles. The first-order valence-electron chi connectivity index (χ1n) is 8.11. The number of hydrogen-bond acceptors (Lipinski definition) is 4. The Hall–Kier alpha value is -0.201. The Morgan fingerprint density at radius 3 is 1.43 bits per heavy atom. The average molecular weight is 455 g/mol. The Balaban J connectivity index is 0.000000318. The van der Waals surface area contributed by atoms with Crippen LogP contribution in [0.5, 0.6) is 0 Å². The molecular formula is C18H28N2S2Sn. The van der Waals surface area contributed by atoms with Gasteiger partial charge in [0.25, 0.3) is 0 Å². The van der Waals surface area contributed by atoms with Crippen molar-refractivity contribution in [3.63, 3.8) is 0 Å². The molecule has 2 aromatic rings. The third kappa shape index (κ3) is 18.0. The molecule has 2 aromatic heterocycles. The molecule has 0 aliphatic carbocycles. The number of aromatic nitrogens is 2. The Morgan fingerprint density at radius 2 is 1.22 bits per heavy atom. The molecule has 2 nitrogen and oxygen atoms in total. The van der Waals surface area contributed by atoms with Gasteiger partial charge in [0.15, 0.2) is 0 Å². The fraction of sp³-hybridized carbons (Fsp3) is 0.444. The topological polar surface area (TPSA) is 25.8 Å². The molecule has 0 aliphatic heterocycles. The van der Waals surface area contributed by atoms with Crippen molar-refractivity contribution >= 4 is 46.4 Å². The van der Waals surface area contributed by atoms with Crippen molar-refractivity contribution in [2.24, 2.45) is 0 Å². The largest absolute Gasteiger partial charge is 0.250 e. The molecule has 0 fully saturated rings. The third-order valence-electron chi connectivity index (χ3n) is 2.71. The molecule has 2 radical (unpaired) electrons. The van der Waals surface area contributed by atoms with Crippen LogP contribution < -0.4 is 0 Å². The Morgan fingerprint density at radius 1 is 0.783 bits per heavy atom. The van der Waals surface area contributed by atoms with Crippen LogP contribution >= 0.6 is 25.3 Å². The average Bonchev–Trinajstić information content (AvgIpc) is 2.57. The van der Waals surface area contributed by atoms with Crippen LogP contribution in [0.2, 0.25) is 8.87 Å². The molecule has 0 bridgehead atoms. The van der Waals surface area contributed by atoms with Crippen LogP contribution in [-0.2, 0) is 0 Å². The van der Waals surface area contributed by atoms with Gasteiger partial charge in [-0.25, -0.2) is 0 Å². The second-order valence-corrected chi connectivity index (χ2v) is 10.0. The van der Waals surface area contributed by atoms with Crippen LogP contribution in [0.1, 0.15) is 39.5 Å². The standard InChI is InChI=1S/2C5H5NS.2C4H9.Sn/c2*7-5-3-1-2-4-6-5;2*1-3-4-2;/h2*1-4H,(H,6,7);2*1,3-4H2,2H3;. The fourth-order valence-corrected chi connectivity index (χ4v) is 5.90. The van der Waals surface area contributed by atoms with E-state index in [0.29, 0.717) is 0 Å². The molecule has 2 rings (SSSR count). The summed E-state index contributed by atoms with van der Waals surface area (Å²) in [7, 11) is 0. The second kappa shape index (κ2) is 18.1. The molecule has 0 aliphatic rings. The normalized spacial score (nSPS) is 9.22. The minimum absolute atomic E-state index is 0.149. The number of unbranched alkanes of at least 4 members (excludes halogenated alkanes) is 2. The van der Waals surface area contributed by atoms with E-state index in [4.69, 9.17) is 0 Å². The van der Waals surface area contributed by atoms with E-state index in [0.717, 1.165) is 10.1 Å². The third-order valence-corrected chi connectivity index (χ3v) is 7.28. The van der Waals surface area contributed by atoms with E-state index in [9.17, 15) is 0 Å². The van der Waals surface area contributed by atoms with Crippen LogP contribution in [-0.4, -0.2) is 31.1 Å². The van der Waals surface area contributed by atoms with Crippen molar-refractivity contribution in [2.45, 2.75) is 58.5 Å². The predicted octanol–water partition coefficient (Wildman–Crippen LogP) is 5.87. The molecule has 5 heteroatoms. The van der Waals surface area contributed by atoms with Gasteiger partial charge in [0, 0.05) is 12.4 Å². The second-order valence-electron chi connectivity index (χ2n) is 4.83. The maximum Gasteiger partial charge on any atom is 0.0929 e. The van der Waals surface area contributed by atoms with Gasteiger partial charge in [-0.3, -0.25) is 9.97 Å². The molecule has 0 saturated heterocycles.